The van der Waals surface area contributed by atoms with Crippen molar-refractivity contribution in [3.8, 4) is 5.75 Å². The molecule has 0 bridgehead atoms. The lowest BCUT2D eigenvalue weighted by Gasteiger charge is -2.28. The van der Waals surface area contributed by atoms with E-state index >= 15 is 4.39 Å². The summed E-state index contributed by atoms with van der Waals surface area (Å²) in [7, 11) is 0. The van der Waals surface area contributed by atoms with Crippen LogP contribution in [0.4, 0.5) is 33.7 Å². The number of carbonyl (C=O) groups is 3. The Morgan fingerprint density at radius 1 is 1.07 bits per heavy atom. The monoisotopic (exact) mass is 625 g/mol. The maximum absolute atomic E-state index is 16.5. The first-order valence-corrected chi connectivity index (χ1v) is 14.1. The fourth-order valence-corrected chi connectivity index (χ4v) is 4.74. The van der Waals surface area contributed by atoms with E-state index in [0.29, 0.717) is 12.1 Å². The number of fused-ring (bicyclic) bond motifs is 1. The molecular weight excluding hydrogens is 586 g/mol. The lowest BCUT2D eigenvalue weighted by molar-refractivity contribution is -0.171. The largest absolute Gasteiger partial charge is 0.487 e. The van der Waals surface area contributed by atoms with E-state index in [0.717, 1.165) is 17.4 Å². The number of rotatable bonds is 10. The summed E-state index contributed by atoms with van der Waals surface area (Å²) in [6.45, 7) is 9.76. The van der Waals surface area contributed by atoms with Crippen molar-refractivity contribution < 1.29 is 46.5 Å². The Labute approximate surface area is 254 Å². The molecule has 2 aromatic carbocycles. The fraction of sp³-hybridized carbons (Fsp3) is 0.516. The molecule has 2 aromatic rings. The van der Waals surface area contributed by atoms with Crippen molar-refractivity contribution in [1.82, 2.24) is 5.32 Å². The minimum absolute atomic E-state index is 0.00669. The topological polar surface area (TPSA) is 108 Å². The summed E-state index contributed by atoms with van der Waals surface area (Å²) in [6, 6.07) is 8.73. The van der Waals surface area contributed by atoms with Gasteiger partial charge in [0.15, 0.2) is 5.82 Å². The first kappa shape index (κ1) is 34.6. The molecule has 0 spiro atoms. The van der Waals surface area contributed by atoms with Crippen molar-refractivity contribution in [2.45, 2.75) is 78.8 Å². The van der Waals surface area contributed by atoms with Crippen LogP contribution in [-0.2, 0) is 27.4 Å². The smallest absolute Gasteiger partial charge is 0.471 e. The van der Waals surface area contributed by atoms with Crippen LogP contribution in [0.3, 0.4) is 0 Å². The van der Waals surface area contributed by atoms with E-state index in [1.807, 2.05) is 20.8 Å². The van der Waals surface area contributed by atoms with Crippen LogP contribution < -0.4 is 19.9 Å². The van der Waals surface area contributed by atoms with Gasteiger partial charge in [-0.15, -0.1) is 0 Å². The number of halogens is 4. The Morgan fingerprint density at radius 2 is 1.70 bits per heavy atom. The van der Waals surface area contributed by atoms with E-state index in [1.54, 1.807) is 30.3 Å². The zero-order chi connectivity index (χ0) is 33.0. The molecule has 0 aromatic heterocycles. The third-order valence-electron chi connectivity index (χ3n) is 6.69. The van der Waals surface area contributed by atoms with Gasteiger partial charge in [-0.2, -0.15) is 13.2 Å². The number of amides is 2. The fourth-order valence-electron chi connectivity index (χ4n) is 4.74. The number of esters is 1. The molecule has 1 atom stereocenters. The average molecular weight is 626 g/mol. The molecule has 2 N–H and O–H groups in total. The van der Waals surface area contributed by atoms with Crippen LogP contribution in [0.25, 0.3) is 0 Å². The molecule has 1 aliphatic rings. The first-order valence-electron chi connectivity index (χ1n) is 14.1. The molecule has 0 aliphatic carbocycles. The van der Waals surface area contributed by atoms with Gasteiger partial charge in [0, 0.05) is 18.2 Å². The van der Waals surface area contributed by atoms with E-state index in [4.69, 9.17) is 9.47 Å². The number of nitrogens with zero attached hydrogens (tertiary/aromatic N) is 2. The van der Waals surface area contributed by atoms with Gasteiger partial charge in [-0.3, -0.25) is 19.4 Å². The summed E-state index contributed by atoms with van der Waals surface area (Å²) in [5.74, 6) is -5.56. The van der Waals surface area contributed by atoms with Crippen molar-refractivity contribution in [2.75, 3.05) is 29.4 Å². The van der Waals surface area contributed by atoms with Crippen LogP contribution in [-0.4, -0.2) is 60.5 Å². The SMILES string of the molecule is CC(C)(C)CCNC[C@H]1Cc2c(cc(OCc3ccccc3)c(N(CC(=O)OC(C)(C)C)C(=O)C(F)(F)F)c2F)N1C(=O)O. The van der Waals surface area contributed by atoms with E-state index < -0.39 is 59.6 Å². The van der Waals surface area contributed by atoms with Crippen LogP contribution >= 0.6 is 0 Å². The van der Waals surface area contributed by atoms with Crippen molar-refractivity contribution in [3.63, 3.8) is 0 Å². The van der Waals surface area contributed by atoms with Gasteiger partial charge >= 0.3 is 24.1 Å². The van der Waals surface area contributed by atoms with Crippen LogP contribution in [0.15, 0.2) is 36.4 Å². The van der Waals surface area contributed by atoms with Gasteiger partial charge in [0.1, 0.15) is 30.2 Å². The summed E-state index contributed by atoms with van der Waals surface area (Å²) in [4.78, 5) is 38.6. The second-order valence-electron chi connectivity index (χ2n) is 12.8. The van der Waals surface area contributed by atoms with Crippen LogP contribution in [0.2, 0.25) is 0 Å². The second-order valence-corrected chi connectivity index (χ2v) is 12.8. The van der Waals surface area contributed by atoms with E-state index in [9.17, 15) is 32.7 Å². The lowest BCUT2D eigenvalue weighted by Crippen LogP contribution is -2.46. The maximum Gasteiger partial charge on any atom is 0.471 e. The Hall–Kier alpha value is -3.87. The molecule has 9 nitrogen and oxygen atoms in total. The van der Waals surface area contributed by atoms with Gasteiger partial charge in [-0.1, -0.05) is 51.1 Å². The third-order valence-corrected chi connectivity index (χ3v) is 6.69. The van der Waals surface area contributed by atoms with E-state index in [1.165, 1.54) is 20.8 Å². The maximum atomic E-state index is 16.5. The number of benzene rings is 2. The molecule has 3 rings (SSSR count). The molecule has 0 saturated carbocycles. The summed E-state index contributed by atoms with van der Waals surface area (Å²) in [5.41, 5.74) is -1.81. The summed E-state index contributed by atoms with van der Waals surface area (Å²) in [6.07, 6.45) is -6.31. The van der Waals surface area contributed by atoms with Crippen LogP contribution in [0, 0.1) is 11.2 Å². The molecule has 0 unspecified atom stereocenters. The van der Waals surface area contributed by atoms with Crippen LogP contribution in [0.5, 0.6) is 5.75 Å². The Balaban J connectivity index is 2.12. The van der Waals surface area contributed by atoms with Crippen molar-refractivity contribution >= 4 is 29.3 Å². The van der Waals surface area contributed by atoms with Gasteiger partial charge in [-0.05, 0) is 51.1 Å². The first-order chi connectivity index (χ1) is 20.3. The zero-order valence-electron chi connectivity index (χ0n) is 25.7. The van der Waals surface area contributed by atoms with Gasteiger partial charge < -0.3 is 19.9 Å². The minimum atomic E-state index is -5.49. The standard InChI is InChI=1S/C31H39F4N3O6/c1-29(2,3)12-13-36-16-20-14-21-22(38(20)28(41)42)15-23(43-18-19-10-8-7-9-11-19)26(25(21)32)37(27(40)31(33,34)35)17-24(39)44-30(4,5)6/h7-11,15,20,36H,12-14,16-18H2,1-6H3,(H,41,42)/t20-/m1/s1. The number of hydrogen-bond acceptors (Lipinski definition) is 6. The minimum Gasteiger partial charge on any atom is -0.487 e. The molecule has 0 fully saturated rings. The van der Waals surface area contributed by atoms with Gasteiger partial charge in [0.25, 0.3) is 0 Å². The highest BCUT2D eigenvalue weighted by molar-refractivity contribution is 6.03. The molecule has 0 radical (unpaired) electrons. The highest BCUT2D eigenvalue weighted by Crippen LogP contribution is 2.45. The average Bonchev–Trinajstić information content (AvgIpc) is 3.26. The van der Waals surface area contributed by atoms with Gasteiger partial charge in [0.05, 0.1) is 11.7 Å². The number of nitrogens with one attached hydrogen (secondary N) is 1. The number of ether oxygens (including phenoxy) is 2. The van der Waals surface area contributed by atoms with Crippen molar-refractivity contribution in [3.05, 3.63) is 53.3 Å². The second kappa shape index (κ2) is 13.4. The zero-order valence-corrected chi connectivity index (χ0v) is 25.7. The Kier molecular flexibility index (Phi) is 10.6. The molecule has 242 valence electrons. The molecule has 2 amide bonds. The summed E-state index contributed by atoms with van der Waals surface area (Å²) in [5, 5.41) is 13.2. The number of anilines is 2. The predicted octanol–water partition coefficient (Wildman–Crippen LogP) is 6.08. The Bertz CT molecular complexity index is 1350. The molecule has 13 heteroatoms. The number of carboxylic acid groups (broad SMARTS) is 1. The number of alkyl halides is 3. The van der Waals surface area contributed by atoms with Gasteiger partial charge in [0.2, 0.25) is 0 Å². The van der Waals surface area contributed by atoms with E-state index in [-0.39, 0.29) is 41.1 Å². The lowest BCUT2D eigenvalue weighted by atomic mass is 9.92. The summed E-state index contributed by atoms with van der Waals surface area (Å²) >= 11 is 0. The number of hydrogen-bond donors (Lipinski definition) is 2. The summed E-state index contributed by atoms with van der Waals surface area (Å²) < 4.78 is 68.9. The Morgan fingerprint density at radius 3 is 2.25 bits per heavy atom. The van der Waals surface area contributed by atoms with Gasteiger partial charge in [-0.25, -0.2) is 9.18 Å². The predicted molar refractivity (Wildman–Crippen MR) is 156 cm³/mol. The molecule has 1 aliphatic heterocycles. The molecule has 0 saturated heterocycles. The highest BCUT2D eigenvalue weighted by Gasteiger charge is 2.47. The molecular formula is C31H39F4N3O6. The van der Waals surface area contributed by atoms with Crippen molar-refractivity contribution in [2.24, 2.45) is 5.41 Å². The van der Waals surface area contributed by atoms with Crippen molar-refractivity contribution in [1.29, 1.82) is 0 Å². The third kappa shape index (κ3) is 9.07. The molecule has 1 heterocycles. The highest BCUT2D eigenvalue weighted by atomic mass is 19.4. The van der Waals surface area contributed by atoms with Crippen LogP contribution in [0.1, 0.15) is 59.1 Å². The van der Waals surface area contributed by atoms with E-state index in [2.05, 4.69) is 5.32 Å². The quantitative estimate of drug-likeness (QED) is 0.187. The normalized spacial score (nSPS) is 15.1. The number of carbonyl (C=O) groups excluding carboxylic acids is 2. The molecule has 44 heavy (non-hydrogen) atoms.